The van der Waals surface area contributed by atoms with Gasteiger partial charge >= 0.3 is 0 Å². The maximum Gasteiger partial charge on any atom is 0.0721 e. The van der Waals surface area contributed by atoms with Crippen LogP contribution in [0.5, 0.6) is 0 Å². The zero-order valence-electron chi connectivity index (χ0n) is 15.8. The van der Waals surface area contributed by atoms with Crippen molar-refractivity contribution in [1.82, 2.24) is 0 Å². The third-order valence-corrected chi connectivity index (χ3v) is 6.10. The summed E-state index contributed by atoms with van der Waals surface area (Å²) in [6, 6.07) is 8.20. The van der Waals surface area contributed by atoms with Crippen LogP contribution < -0.4 is 0 Å². The minimum atomic E-state index is -0.0177. The van der Waals surface area contributed by atoms with Crippen molar-refractivity contribution >= 4 is 15.9 Å². The average molecular weight is 413 g/mol. The molecule has 25 heavy (non-hydrogen) atoms. The molecule has 0 spiro atoms. The summed E-state index contributed by atoms with van der Waals surface area (Å²) in [7, 11) is 1.82. The Bertz CT molecular complexity index is 502. The Morgan fingerprint density at radius 1 is 1.20 bits per heavy atom. The number of aliphatic hydroxyl groups excluding tert-OH is 1. The summed E-state index contributed by atoms with van der Waals surface area (Å²) in [6.07, 6.45) is 6.62. The summed E-state index contributed by atoms with van der Waals surface area (Å²) in [4.78, 5) is 0. The first kappa shape index (κ1) is 20.9. The van der Waals surface area contributed by atoms with E-state index < -0.39 is 0 Å². The molecule has 4 heteroatoms. The number of methoxy groups -OCH3 is 1. The van der Waals surface area contributed by atoms with Crippen LogP contribution in [0.25, 0.3) is 0 Å². The normalized spacial score (nSPS) is 20.8. The predicted molar refractivity (Wildman–Crippen MR) is 106 cm³/mol. The van der Waals surface area contributed by atoms with Crippen LogP contribution >= 0.6 is 15.9 Å². The van der Waals surface area contributed by atoms with Gasteiger partial charge in [-0.3, -0.25) is 0 Å². The third kappa shape index (κ3) is 6.06. The highest BCUT2D eigenvalue weighted by Crippen LogP contribution is 2.34. The fraction of sp³-hybridized carbons (Fsp3) is 0.714. The van der Waals surface area contributed by atoms with Crippen LogP contribution in [0.15, 0.2) is 28.7 Å². The van der Waals surface area contributed by atoms with E-state index in [0.717, 1.165) is 10.0 Å². The van der Waals surface area contributed by atoms with Crippen LogP contribution in [0, 0.1) is 17.8 Å². The first-order valence-corrected chi connectivity index (χ1v) is 10.4. The van der Waals surface area contributed by atoms with Crippen molar-refractivity contribution < 1.29 is 14.6 Å². The van der Waals surface area contributed by atoms with E-state index >= 15 is 0 Å². The van der Waals surface area contributed by atoms with Crippen molar-refractivity contribution in [2.24, 2.45) is 17.8 Å². The molecule has 0 aliphatic heterocycles. The van der Waals surface area contributed by atoms with E-state index in [2.05, 4.69) is 41.9 Å². The summed E-state index contributed by atoms with van der Waals surface area (Å²) in [5.41, 5.74) is 1.14. The fourth-order valence-corrected chi connectivity index (χ4v) is 4.69. The Hall–Kier alpha value is -0.420. The Kier molecular flexibility index (Phi) is 8.91. The summed E-state index contributed by atoms with van der Waals surface area (Å²) < 4.78 is 13.3. The molecule has 3 nitrogen and oxygen atoms in total. The molecule has 4 atom stereocenters. The quantitative estimate of drug-likeness (QED) is 0.605. The molecular weight excluding hydrogens is 380 g/mol. The van der Waals surface area contributed by atoms with Gasteiger partial charge in [-0.1, -0.05) is 61.2 Å². The van der Waals surface area contributed by atoms with Crippen molar-refractivity contribution in [3.05, 3.63) is 34.3 Å². The van der Waals surface area contributed by atoms with E-state index in [1.54, 1.807) is 0 Å². The smallest absolute Gasteiger partial charge is 0.0721 e. The lowest BCUT2D eigenvalue weighted by Gasteiger charge is -2.38. The molecule has 0 saturated heterocycles. The van der Waals surface area contributed by atoms with Gasteiger partial charge in [-0.25, -0.2) is 0 Å². The van der Waals surface area contributed by atoms with Gasteiger partial charge < -0.3 is 14.6 Å². The topological polar surface area (TPSA) is 38.7 Å². The molecular formula is C21H33BrO3. The molecule has 0 radical (unpaired) electrons. The second-order valence-corrected chi connectivity index (χ2v) is 8.44. The van der Waals surface area contributed by atoms with E-state index in [1.165, 1.54) is 32.1 Å². The maximum absolute atomic E-state index is 9.73. The molecule has 0 bridgehead atoms. The summed E-state index contributed by atoms with van der Waals surface area (Å²) >= 11 is 3.51. The summed E-state index contributed by atoms with van der Waals surface area (Å²) in [6.45, 7) is 4.98. The lowest BCUT2D eigenvalue weighted by Crippen LogP contribution is -2.42. The Morgan fingerprint density at radius 2 is 1.92 bits per heavy atom. The van der Waals surface area contributed by atoms with Gasteiger partial charge in [-0.2, -0.15) is 0 Å². The number of benzene rings is 1. The van der Waals surface area contributed by atoms with Crippen molar-refractivity contribution in [2.75, 3.05) is 13.7 Å². The van der Waals surface area contributed by atoms with Gasteiger partial charge in [0.15, 0.2) is 0 Å². The fourth-order valence-electron chi connectivity index (χ4n) is 4.24. The molecule has 1 aliphatic carbocycles. The summed E-state index contributed by atoms with van der Waals surface area (Å²) in [5.74, 6) is 0.947. The number of rotatable bonds is 9. The molecule has 1 saturated carbocycles. The molecule has 2 rings (SSSR count). The van der Waals surface area contributed by atoms with Gasteiger partial charge in [0, 0.05) is 30.0 Å². The molecule has 1 fully saturated rings. The third-order valence-electron chi connectivity index (χ3n) is 5.60. The zero-order chi connectivity index (χ0) is 18.2. The van der Waals surface area contributed by atoms with E-state index in [9.17, 15) is 5.11 Å². The SMILES string of the molecule is CO[C@@H](C1CCCCC1)[C@@H](C)[C@H](OCc1cccc(Br)c1)[C@@H](C)CO. The van der Waals surface area contributed by atoms with Crippen LogP contribution in [0.1, 0.15) is 51.5 Å². The van der Waals surface area contributed by atoms with E-state index in [-0.39, 0.29) is 30.7 Å². The monoisotopic (exact) mass is 412 g/mol. The molecule has 1 aromatic rings. The first-order valence-electron chi connectivity index (χ1n) is 9.56. The molecule has 142 valence electrons. The highest BCUT2D eigenvalue weighted by Gasteiger charge is 2.35. The van der Waals surface area contributed by atoms with Crippen LogP contribution in [0.4, 0.5) is 0 Å². The Balaban J connectivity index is 2.05. The van der Waals surface area contributed by atoms with Crippen molar-refractivity contribution in [3.8, 4) is 0 Å². The van der Waals surface area contributed by atoms with Crippen LogP contribution in [0.2, 0.25) is 0 Å². The molecule has 1 aromatic carbocycles. The lowest BCUT2D eigenvalue weighted by molar-refractivity contribution is -0.101. The van der Waals surface area contributed by atoms with Gasteiger partial charge in [0.1, 0.15) is 0 Å². The molecule has 0 unspecified atom stereocenters. The van der Waals surface area contributed by atoms with E-state index in [0.29, 0.717) is 12.5 Å². The molecule has 0 heterocycles. The maximum atomic E-state index is 9.73. The molecule has 1 aliphatic rings. The van der Waals surface area contributed by atoms with E-state index in [4.69, 9.17) is 9.47 Å². The number of hydrogen-bond acceptors (Lipinski definition) is 3. The largest absolute Gasteiger partial charge is 0.396 e. The lowest BCUT2D eigenvalue weighted by atomic mass is 9.77. The van der Waals surface area contributed by atoms with Gasteiger partial charge in [-0.15, -0.1) is 0 Å². The standard InChI is InChI=1S/C21H33BrO3/c1-15(13-23)20(25-14-17-8-7-11-19(22)12-17)16(2)21(24-3)18-9-5-4-6-10-18/h7-8,11-12,15-16,18,20-21,23H,4-6,9-10,13-14H2,1-3H3/t15-,16-,20+,21+/m0/s1. The minimum Gasteiger partial charge on any atom is -0.396 e. The average Bonchev–Trinajstić information content (AvgIpc) is 2.63. The van der Waals surface area contributed by atoms with Gasteiger partial charge in [-0.05, 0) is 36.5 Å². The summed E-state index contributed by atoms with van der Waals surface area (Å²) in [5, 5.41) is 9.73. The van der Waals surface area contributed by atoms with Crippen LogP contribution in [-0.2, 0) is 16.1 Å². The Labute approximate surface area is 161 Å². The second-order valence-electron chi connectivity index (χ2n) is 7.52. The van der Waals surface area contributed by atoms with Crippen LogP contribution in [0.3, 0.4) is 0 Å². The highest BCUT2D eigenvalue weighted by atomic mass is 79.9. The molecule has 0 aromatic heterocycles. The van der Waals surface area contributed by atoms with E-state index in [1.807, 2.05) is 19.2 Å². The first-order chi connectivity index (χ1) is 12.1. The number of hydrogen-bond donors (Lipinski definition) is 1. The molecule has 0 amide bonds. The minimum absolute atomic E-state index is 0.0177. The number of halogens is 1. The van der Waals surface area contributed by atoms with Gasteiger partial charge in [0.25, 0.3) is 0 Å². The Morgan fingerprint density at radius 3 is 2.52 bits per heavy atom. The highest BCUT2D eigenvalue weighted by molar-refractivity contribution is 9.10. The second kappa shape index (κ2) is 10.7. The van der Waals surface area contributed by atoms with Crippen molar-refractivity contribution in [3.63, 3.8) is 0 Å². The predicted octanol–water partition coefficient (Wildman–Crippen LogP) is 5.19. The van der Waals surface area contributed by atoms with Crippen molar-refractivity contribution in [1.29, 1.82) is 0 Å². The number of aliphatic hydroxyl groups is 1. The number of ether oxygens (including phenoxy) is 2. The van der Waals surface area contributed by atoms with Gasteiger partial charge in [0.2, 0.25) is 0 Å². The zero-order valence-corrected chi connectivity index (χ0v) is 17.4. The van der Waals surface area contributed by atoms with Crippen LogP contribution in [-0.4, -0.2) is 31.0 Å². The van der Waals surface area contributed by atoms with Gasteiger partial charge in [0.05, 0.1) is 18.8 Å². The molecule has 1 N–H and O–H groups in total. The van der Waals surface area contributed by atoms with Crippen molar-refractivity contribution in [2.45, 2.75) is 64.8 Å².